The van der Waals surface area contributed by atoms with Gasteiger partial charge in [0.1, 0.15) is 5.82 Å². The smallest absolute Gasteiger partial charge is 0.332 e. The van der Waals surface area contributed by atoms with Crippen LogP contribution < -0.4 is 21.9 Å². The molecule has 1 atom stereocenters. The number of nitrogens with two attached hydrogens (primary N) is 1. The largest absolute Gasteiger partial charge is 0.356 e. The fourth-order valence-corrected chi connectivity index (χ4v) is 3.49. The maximum Gasteiger partial charge on any atom is 0.332 e. The molecule has 1 aliphatic heterocycles. The van der Waals surface area contributed by atoms with Crippen LogP contribution in [-0.2, 0) is 13.6 Å². The number of rotatable bonds is 3. The van der Waals surface area contributed by atoms with Gasteiger partial charge in [0.15, 0.2) is 0 Å². The molecular weight excluding hydrogens is 372 g/mol. The summed E-state index contributed by atoms with van der Waals surface area (Å²) in [6, 6.07) is 9.38. The summed E-state index contributed by atoms with van der Waals surface area (Å²) in [6.07, 6.45) is 1.93. The molecule has 0 radical (unpaired) electrons. The molecule has 1 aromatic heterocycles. The highest BCUT2D eigenvalue weighted by Crippen LogP contribution is 2.21. The molecule has 0 saturated carbocycles. The Bertz CT molecular complexity index is 858. The van der Waals surface area contributed by atoms with Crippen molar-refractivity contribution in [2.45, 2.75) is 25.4 Å². The van der Waals surface area contributed by atoms with Crippen LogP contribution in [0, 0.1) is 0 Å². The van der Waals surface area contributed by atoms with Gasteiger partial charge in [-0.05, 0) is 24.5 Å². The lowest BCUT2D eigenvalue weighted by Gasteiger charge is -2.34. The summed E-state index contributed by atoms with van der Waals surface area (Å²) >= 11 is 3.52. The third kappa shape index (κ3) is 3.32. The van der Waals surface area contributed by atoms with Crippen LogP contribution in [0.4, 0.5) is 5.82 Å². The van der Waals surface area contributed by atoms with Crippen LogP contribution in [0.2, 0.25) is 0 Å². The molecule has 2 heterocycles. The van der Waals surface area contributed by atoms with Gasteiger partial charge in [-0.2, -0.15) is 0 Å². The third-order valence-electron chi connectivity index (χ3n) is 4.45. The van der Waals surface area contributed by atoms with Crippen molar-refractivity contribution in [1.82, 2.24) is 9.13 Å². The first-order chi connectivity index (χ1) is 11.5. The van der Waals surface area contributed by atoms with E-state index in [1.165, 1.54) is 13.1 Å². The number of hydrogen-bond donors (Lipinski definition) is 1. The van der Waals surface area contributed by atoms with Crippen molar-refractivity contribution < 1.29 is 0 Å². The van der Waals surface area contributed by atoms with Gasteiger partial charge in [-0.1, -0.05) is 34.1 Å². The van der Waals surface area contributed by atoms with E-state index in [-0.39, 0.29) is 17.3 Å². The Hall–Kier alpha value is -1.86. The molecule has 0 aliphatic carbocycles. The number of hydrogen-bond acceptors (Lipinski definition) is 4. The van der Waals surface area contributed by atoms with Gasteiger partial charge < -0.3 is 10.6 Å². The molecule has 7 heteroatoms. The van der Waals surface area contributed by atoms with E-state index < -0.39 is 0 Å². The van der Waals surface area contributed by atoms with Gasteiger partial charge in [-0.25, -0.2) is 4.79 Å². The minimum atomic E-state index is -0.313. The van der Waals surface area contributed by atoms with Gasteiger partial charge in [0.05, 0.1) is 6.54 Å². The van der Waals surface area contributed by atoms with Gasteiger partial charge in [0.25, 0.3) is 5.56 Å². The van der Waals surface area contributed by atoms with E-state index in [0.29, 0.717) is 18.9 Å². The standard InChI is InChI=1S/C17H21BrN4O2/c1-20-16(23)9-15(21-8-4-6-13(19)11-21)22(17(20)24)10-12-5-2-3-7-14(12)18/h2-3,5,7,9,13H,4,6,8,10-11,19H2,1H3/t13-/m1/s1. The monoisotopic (exact) mass is 392 g/mol. The Morgan fingerprint density at radius 1 is 1.29 bits per heavy atom. The van der Waals surface area contributed by atoms with Crippen molar-refractivity contribution in [3.05, 3.63) is 61.2 Å². The zero-order chi connectivity index (χ0) is 17.3. The minimum Gasteiger partial charge on any atom is -0.356 e. The molecule has 6 nitrogen and oxygen atoms in total. The summed E-state index contributed by atoms with van der Waals surface area (Å²) in [7, 11) is 1.51. The fourth-order valence-electron chi connectivity index (χ4n) is 3.08. The summed E-state index contributed by atoms with van der Waals surface area (Å²) in [6.45, 7) is 1.86. The van der Waals surface area contributed by atoms with Crippen molar-refractivity contribution in [3.63, 3.8) is 0 Å². The fraction of sp³-hybridized carbons (Fsp3) is 0.412. The second-order valence-corrected chi connectivity index (χ2v) is 7.06. The van der Waals surface area contributed by atoms with Gasteiger partial charge >= 0.3 is 5.69 Å². The molecule has 3 rings (SSSR count). The molecule has 128 valence electrons. The van der Waals surface area contributed by atoms with E-state index in [1.807, 2.05) is 29.2 Å². The lowest BCUT2D eigenvalue weighted by atomic mass is 10.1. The molecular formula is C17H21BrN4O2. The lowest BCUT2D eigenvalue weighted by Crippen LogP contribution is -2.47. The average Bonchev–Trinajstić information content (AvgIpc) is 2.57. The molecule has 1 aromatic carbocycles. The Morgan fingerprint density at radius 2 is 2.04 bits per heavy atom. The average molecular weight is 393 g/mol. The van der Waals surface area contributed by atoms with E-state index in [1.54, 1.807) is 4.57 Å². The second-order valence-electron chi connectivity index (χ2n) is 6.21. The predicted molar refractivity (Wildman–Crippen MR) is 98.6 cm³/mol. The van der Waals surface area contributed by atoms with E-state index in [4.69, 9.17) is 5.73 Å². The highest BCUT2D eigenvalue weighted by atomic mass is 79.9. The Kier molecular flexibility index (Phi) is 4.91. The minimum absolute atomic E-state index is 0.0646. The highest BCUT2D eigenvalue weighted by Gasteiger charge is 2.21. The number of nitrogens with zero attached hydrogens (tertiary/aromatic N) is 3. The number of piperidine rings is 1. The van der Waals surface area contributed by atoms with E-state index in [9.17, 15) is 9.59 Å². The Balaban J connectivity index is 2.09. The van der Waals surface area contributed by atoms with Gasteiger partial charge in [0.2, 0.25) is 0 Å². The van der Waals surface area contributed by atoms with Crippen LogP contribution in [0.5, 0.6) is 0 Å². The van der Waals surface area contributed by atoms with Gasteiger partial charge in [0, 0.05) is 36.7 Å². The summed E-state index contributed by atoms with van der Waals surface area (Å²) < 4.78 is 3.73. The normalized spacial score (nSPS) is 18.0. The predicted octanol–water partition coefficient (Wildman–Crippen LogP) is 1.29. The molecule has 1 fully saturated rings. The summed E-state index contributed by atoms with van der Waals surface area (Å²) in [5.41, 5.74) is 6.46. The molecule has 0 bridgehead atoms. The zero-order valence-corrected chi connectivity index (χ0v) is 15.2. The molecule has 2 N–H and O–H groups in total. The number of benzene rings is 1. The maximum atomic E-state index is 12.7. The first kappa shape index (κ1) is 17.0. The highest BCUT2D eigenvalue weighted by molar-refractivity contribution is 9.10. The molecule has 0 unspecified atom stereocenters. The van der Waals surface area contributed by atoms with Gasteiger partial charge in [-0.15, -0.1) is 0 Å². The second kappa shape index (κ2) is 6.94. The summed E-state index contributed by atoms with van der Waals surface area (Å²) in [5, 5.41) is 0. The molecule has 0 amide bonds. The first-order valence-electron chi connectivity index (χ1n) is 8.02. The van der Waals surface area contributed by atoms with E-state index in [2.05, 4.69) is 15.9 Å². The van der Waals surface area contributed by atoms with Crippen molar-refractivity contribution in [2.75, 3.05) is 18.0 Å². The van der Waals surface area contributed by atoms with Crippen molar-refractivity contribution >= 4 is 21.7 Å². The molecule has 1 saturated heterocycles. The Morgan fingerprint density at radius 3 is 2.75 bits per heavy atom. The van der Waals surface area contributed by atoms with E-state index in [0.717, 1.165) is 34.0 Å². The van der Waals surface area contributed by atoms with Crippen molar-refractivity contribution in [3.8, 4) is 0 Å². The first-order valence-corrected chi connectivity index (χ1v) is 8.81. The molecule has 24 heavy (non-hydrogen) atoms. The number of halogens is 1. The topological polar surface area (TPSA) is 73.3 Å². The third-order valence-corrected chi connectivity index (χ3v) is 5.22. The summed E-state index contributed by atoms with van der Waals surface area (Å²) in [4.78, 5) is 26.9. The quantitative estimate of drug-likeness (QED) is 0.853. The Labute approximate surface area is 148 Å². The lowest BCUT2D eigenvalue weighted by molar-refractivity contribution is 0.491. The SMILES string of the molecule is Cn1c(=O)cc(N2CCC[C@@H](N)C2)n(Cc2ccccc2Br)c1=O. The van der Waals surface area contributed by atoms with Crippen LogP contribution >= 0.6 is 15.9 Å². The van der Waals surface area contributed by atoms with Crippen molar-refractivity contribution in [1.29, 1.82) is 0 Å². The van der Waals surface area contributed by atoms with Crippen LogP contribution in [0.1, 0.15) is 18.4 Å². The van der Waals surface area contributed by atoms with Crippen LogP contribution in [-0.4, -0.2) is 28.3 Å². The maximum absolute atomic E-state index is 12.7. The van der Waals surface area contributed by atoms with Crippen LogP contribution in [0.15, 0.2) is 44.4 Å². The van der Waals surface area contributed by atoms with E-state index >= 15 is 0 Å². The number of aromatic nitrogens is 2. The van der Waals surface area contributed by atoms with Crippen LogP contribution in [0.25, 0.3) is 0 Å². The summed E-state index contributed by atoms with van der Waals surface area (Å²) in [5.74, 6) is 0.647. The molecule has 2 aromatic rings. The van der Waals surface area contributed by atoms with Crippen LogP contribution in [0.3, 0.4) is 0 Å². The zero-order valence-electron chi connectivity index (χ0n) is 13.6. The van der Waals surface area contributed by atoms with Crippen molar-refractivity contribution in [2.24, 2.45) is 12.8 Å². The molecule has 1 aliphatic rings. The van der Waals surface area contributed by atoms with Gasteiger partial charge in [-0.3, -0.25) is 13.9 Å². The molecule has 0 spiro atoms. The number of anilines is 1.